The van der Waals surface area contributed by atoms with Crippen molar-refractivity contribution in [3.63, 3.8) is 0 Å². The topological polar surface area (TPSA) is 0 Å². The van der Waals surface area contributed by atoms with Crippen molar-refractivity contribution in [2.75, 3.05) is 0 Å². The lowest BCUT2D eigenvalue weighted by molar-refractivity contribution is 0.115. The molecule has 2 spiro atoms. The summed E-state index contributed by atoms with van der Waals surface area (Å²) in [4.78, 5) is 0. The van der Waals surface area contributed by atoms with Crippen LogP contribution in [0.4, 0.5) is 0 Å². The van der Waals surface area contributed by atoms with Gasteiger partial charge in [-0.05, 0) is 57.3 Å². The van der Waals surface area contributed by atoms with Crippen molar-refractivity contribution < 1.29 is 0 Å². The third-order valence-corrected chi connectivity index (χ3v) is 9.89. The van der Waals surface area contributed by atoms with E-state index in [2.05, 4.69) is 111 Å². The van der Waals surface area contributed by atoms with E-state index < -0.39 is 0 Å². The van der Waals surface area contributed by atoms with Crippen molar-refractivity contribution in [3.8, 4) is 0 Å². The van der Waals surface area contributed by atoms with Gasteiger partial charge in [0.2, 0.25) is 0 Å². The van der Waals surface area contributed by atoms with Crippen LogP contribution in [0.3, 0.4) is 0 Å². The van der Waals surface area contributed by atoms with E-state index in [9.17, 15) is 0 Å². The van der Waals surface area contributed by atoms with Gasteiger partial charge in [0.15, 0.2) is 0 Å². The molecule has 0 N–H and O–H groups in total. The van der Waals surface area contributed by atoms with Gasteiger partial charge in [0.05, 0.1) is 0 Å². The molecule has 0 atom stereocenters. The molecule has 6 aliphatic carbocycles. The summed E-state index contributed by atoms with van der Waals surface area (Å²) >= 11 is 0. The van der Waals surface area contributed by atoms with Crippen LogP contribution in [0.1, 0.15) is 71.2 Å². The van der Waals surface area contributed by atoms with Crippen LogP contribution in [0.15, 0.2) is 97.1 Å². The van der Waals surface area contributed by atoms with Crippen LogP contribution >= 0.6 is 0 Å². The van der Waals surface area contributed by atoms with Crippen molar-refractivity contribution >= 4 is 0 Å². The molecule has 0 radical (unpaired) electrons. The Morgan fingerprint density at radius 3 is 0.844 bits per heavy atom. The molecule has 0 nitrogen and oxygen atoms in total. The molecule has 0 unspecified atom stereocenters. The van der Waals surface area contributed by atoms with Gasteiger partial charge < -0.3 is 0 Å². The predicted molar refractivity (Wildman–Crippen MR) is 129 cm³/mol. The zero-order valence-electron chi connectivity index (χ0n) is 18.7. The fourth-order valence-electron chi connectivity index (χ4n) is 8.97. The lowest BCUT2D eigenvalue weighted by Gasteiger charge is -2.72. The Hall–Kier alpha value is -3.12. The summed E-state index contributed by atoms with van der Waals surface area (Å²) in [7, 11) is 0. The van der Waals surface area contributed by atoms with Crippen LogP contribution in [0, 0.1) is 0 Å². The van der Waals surface area contributed by atoms with Gasteiger partial charge in [-0.15, -0.1) is 0 Å². The SMILES string of the molecule is CC12CC34c5ccccc5C(C)(CC3(c3ccccc31)c1ccccc12)c1ccccc14. The second kappa shape index (κ2) is 5.09. The quantitative estimate of drug-likeness (QED) is 0.293. The Morgan fingerprint density at radius 2 is 0.594 bits per heavy atom. The van der Waals surface area contributed by atoms with Crippen molar-refractivity contribution in [2.45, 2.75) is 48.3 Å². The molecule has 154 valence electrons. The highest BCUT2D eigenvalue weighted by Gasteiger charge is 2.73. The third kappa shape index (κ3) is 1.49. The molecule has 4 bridgehead atoms. The Kier molecular flexibility index (Phi) is 2.78. The van der Waals surface area contributed by atoms with E-state index in [1.54, 1.807) is 44.5 Å². The van der Waals surface area contributed by atoms with E-state index in [1.807, 2.05) is 0 Å². The molecule has 0 fully saturated rings. The fourth-order valence-corrected chi connectivity index (χ4v) is 8.97. The summed E-state index contributed by atoms with van der Waals surface area (Å²) in [6, 6.07) is 37.6. The first-order chi connectivity index (χ1) is 15.6. The standard InChI is InChI=1S/C32H26/c1-29-19-31-27-17-9-5-13-23(27)30(2,24-14-6-10-18-28(24)31)20-32(31,25-15-7-3-11-21(25)29)26-16-8-4-12-22(26)29/h3-18H,19-20H2,1-2H3. The van der Waals surface area contributed by atoms with Gasteiger partial charge in [-0.2, -0.15) is 0 Å². The van der Waals surface area contributed by atoms with E-state index in [-0.39, 0.29) is 21.7 Å². The highest BCUT2D eigenvalue weighted by atomic mass is 14.7. The first kappa shape index (κ1) is 17.4. The third-order valence-electron chi connectivity index (χ3n) is 9.89. The Bertz CT molecular complexity index is 1260. The lowest BCUT2D eigenvalue weighted by atomic mass is 9.29. The first-order valence-corrected chi connectivity index (χ1v) is 12.0. The molecule has 32 heavy (non-hydrogen) atoms. The van der Waals surface area contributed by atoms with Crippen molar-refractivity contribution in [2.24, 2.45) is 0 Å². The summed E-state index contributed by atoms with van der Waals surface area (Å²) in [5, 5.41) is 0. The second-order valence-corrected chi connectivity index (χ2v) is 11.0. The number of hydrogen-bond acceptors (Lipinski definition) is 0. The zero-order chi connectivity index (χ0) is 21.3. The minimum absolute atomic E-state index is 0.000239. The molecule has 0 amide bonds. The minimum atomic E-state index is -0.0323. The predicted octanol–water partition coefficient (Wildman–Crippen LogP) is 7.01. The van der Waals surface area contributed by atoms with Gasteiger partial charge in [0.25, 0.3) is 0 Å². The Labute approximate surface area is 189 Å². The maximum absolute atomic E-state index is 2.51. The molecule has 4 aromatic carbocycles. The summed E-state index contributed by atoms with van der Waals surface area (Å²) in [5.41, 5.74) is 12.4. The minimum Gasteiger partial charge on any atom is -0.0619 e. The highest BCUT2D eigenvalue weighted by Crippen LogP contribution is 2.77. The molecule has 0 aliphatic heterocycles. The monoisotopic (exact) mass is 410 g/mol. The molecule has 4 aromatic rings. The van der Waals surface area contributed by atoms with E-state index in [0.29, 0.717) is 0 Å². The molecular weight excluding hydrogens is 384 g/mol. The van der Waals surface area contributed by atoms with Crippen LogP contribution in [0.5, 0.6) is 0 Å². The number of benzene rings is 4. The maximum atomic E-state index is 2.51. The van der Waals surface area contributed by atoms with Gasteiger partial charge in [0.1, 0.15) is 0 Å². The van der Waals surface area contributed by atoms with Crippen molar-refractivity contribution in [1.29, 1.82) is 0 Å². The Balaban J connectivity index is 1.66. The van der Waals surface area contributed by atoms with E-state index in [1.165, 1.54) is 0 Å². The van der Waals surface area contributed by atoms with Crippen LogP contribution in [-0.2, 0) is 21.7 Å². The largest absolute Gasteiger partial charge is 0.0619 e. The maximum Gasteiger partial charge on any atom is 0.0358 e. The summed E-state index contributed by atoms with van der Waals surface area (Å²) in [6.45, 7) is 5.02. The van der Waals surface area contributed by atoms with Gasteiger partial charge in [0, 0.05) is 21.7 Å². The highest BCUT2D eigenvalue weighted by molar-refractivity contribution is 5.77. The van der Waals surface area contributed by atoms with Crippen LogP contribution < -0.4 is 0 Å². The molecule has 10 rings (SSSR count). The second-order valence-electron chi connectivity index (χ2n) is 11.0. The average Bonchev–Trinajstić information content (AvgIpc) is 2.85. The van der Waals surface area contributed by atoms with Crippen molar-refractivity contribution in [3.05, 3.63) is 142 Å². The average molecular weight is 411 g/mol. The summed E-state index contributed by atoms with van der Waals surface area (Å²) in [5.74, 6) is 0. The van der Waals surface area contributed by atoms with E-state index in [4.69, 9.17) is 0 Å². The van der Waals surface area contributed by atoms with Gasteiger partial charge in [-0.3, -0.25) is 0 Å². The first-order valence-electron chi connectivity index (χ1n) is 12.0. The van der Waals surface area contributed by atoms with Gasteiger partial charge in [-0.1, -0.05) is 111 Å². The molecule has 0 heterocycles. The molecule has 0 heteroatoms. The molecule has 6 aliphatic rings. The van der Waals surface area contributed by atoms with Crippen molar-refractivity contribution in [1.82, 2.24) is 0 Å². The number of rotatable bonds is 0. The Morgan fingerprint density at radius 1 is 0.375 bits per heavy atom. The molecule has 0 saturated heterocycles. The summed E-state index contributed by atoms with van der Waals surface area (Å²) < 4.78 is 0. The number of hydrogen-bond donors (Lipinski definition) is 0. The lowest BCUT2D eigenvalue weighted by Crippen LogP contribution is -2.69. The summed E-state index contributed by atoms with van der Waals surface area (Å²) in [6.07, 6.45) is 2.27. The van der Waals surface area contributed by atoms with Crippen LogP contribution in [0.25, 0.3) is 0 Å². The fraction of sp³-hybridized carbons (Fsp3) is 0.250. The van der Waals surface area contributed by atoms with Crippen LogP contribution in [0.2, 0.25) is 0 Å². The zero-order valence-corrected chi connectivity index (χ0v) is 18.7. The molecule has 0 aromatic heterocycles. The molecule has 0 saturated carbocycles. The van der Waals surface area contributed by atoms with Gasteiger partial charge >= 0.3 is 0 Å². The normalized spacial score (nSPS) is 34.2. The van der Waals surface area contributed by atoms with Gasteiger partial charge in [-0.25, -0.2) is 0 Å². The van der Waals surface area contributed by atoms with E-state index >= 15 is 0 Å². The smallest absolute Gasteiger partial charge is 0.0358 e. The van der Waals surface area contributed by atoms with Crippen LogP contribution in [-0.4, -0.2) is 0 Å². The molecular formula is C32H26. The van der Waals surface area contributed by atoms with E-state index in [0.717, 1.165) is 12.8 Å².